The van der Waals surface area contributed by atoms with E-state index in [1.807, 2.05) is 42.5 Å². The summed E-state index contributed by atoms with van der Waals surface area (Å²) in [5, 5.41) is 12.3. The number of H-pyrrole nitrogens is 1. The minimum Gasteiger partial charge on any atom is -0.494 e. The third-order valence-corrected chi connectivity index (χ3v) is 7.68. The number of anilines is 1. The van der Waals surface area contributed by atoms with Crippen molar-refractivity contribution >= 4 is 45.5 Å². The first kappa shape index (κ1) is 28.5. The van der Waals surface area contributed by atoms with Gasteiger partial charge in [-0.15, -0.1) is 0 Å². The molecule has 0 radical (unpaired) electrons. The van der Waals surface area contributed by atoms with Gasteiger partial charge in [0.2, 0.25) is 5.91 Å². The fourth-order valence-electron chi connectivity index (χ4n) is 4.97. The number of fused-ring (bicyclic) bond motifs is 1. The molecule has 4 aromatic rings. The molecule has 5 rings (SSSR count). The van der Waals surface area contributed by atoms with Crippen LogP contribution in [0.4, 0.5) is 11.4 Å². The molecule has 0 saturated carbocycles. The molecule has 0 bridgehead atoms. The predicted molar refractivity (Wildman–Crippen MR) is 164 cm³/mol. The first-order valence-electron chi connectivity index (χ1n) is 13.4. The van der Waals surface area contributed by atoms with E-state index in [0.717, 1.165) is 42.8 Å². The van der Waals surface area contributed by atoms with Crippen molar-refractivity contribution in [1.29, 1.82) is 0 Å². The number of amides is 1. The number of aliphatic imine (C=N–C) groups is 1. The Morgan fingerprint density at radius 2 is 1.71 bits per heavy atom. The van der Waals surface area contributed by atoms with Crippen molar-refractivity contribution in [3.05, 3.63) is 76.8 Å². The molecule has 1 aliphatic heterocycles. The topological polar surface area (TPSA) is 93.6 Å². The summed E-state index contributed by atoms with van der Waals surface area (Å²) in [5.74, 6) is 1.14. The summed E-state index contributed by atoms with van der Waals surface area (Å²) in [6.45, 7) is 4.08. The number of halogens is 1. The Labute approximate surface area is 244 Å². The van der Waals surface area contributed by atoms with E-state index < -0.39 is 0 Å². The molecule has 2 heterocycles. The highest BCUT2D eigenvalue weighted by Gasteiger charge is 2.22. The number of nitrogens with one attached hydrogen (secondary N) is 1. The summed E-state index contributed by atoms with van der Waals surface area (Å²) < 4.78 is 11.0. The molecule has 2 N–H and O–H groups in total. The number of aromatic hydroxyl groups is 1. The summed E-state index contributed by atoms with van der Waals surface area (Å²) in [7, 11) is 7.04. The van der Waals surface area contributed by atoms with Gasteiger partial charge in [0.15, 0.2) is 17.4 Å². The number of aromatic amines is 1. The van der Waals surface area contributed by atoms with Gasteiger partial charge in [0.05, 0.1) is 43.2 Å². The zero-order chi connectivity index (χ0) is 29.1. The van der Waals surface area contributed by atoms with Crippen LogP contribution in [0.3, 0.4) is 0 Å². The number of carbonyl (C=O) groups excluding carboxylic acids is 1. The third kappa shape index (κ3) is 6.17. The lowest BCUT2D eigenvalue weighted by molar-refractivity contribution is -0.119. The van der Waals surface area contributed by atoms with Crippen LogP contribution >= 0.6 is 11.6 Å². The SMILES string of the molecule is COc1ccc(C(=Nc2ccc(N(C)C(=O)CN3CCN(C)CC3)cc2)c2c(O)[nH]c3cc(Cl)ccc23)cc1OC. The second-order valence-electron chi connectivity index (χ2n) is 10.1. The smallest absolute Gasteiger partial charge is 0.240 e. The van der Waals surface area contributed by atoms with Crippen molar-refractivity contribution in [2.45, 2.75) is 0 Å². The summed E-state index contributed by atoms with van der Waals surface area (Å²) in [5.41, 5.74) is 3.91. The van der Waals surface area contributed by atoms with E-state index in [1.165, 1.54) is 0 Å². The van der Waals surface area contributed by atoms with Gasteiger partial charge < -0.3 is 29.4 Å². The Morgan fingerprint density at radius 1 is 1.00 bits per heavy atom. The molecule has 41 heavy (non-hydrogen) atoms. The maximum Gasteiger partial charge on any atom is 0.240 e. The van der Waals surface area contributed by atoms with Crippen LogP contribution < -0.4 is 14.4 Å². The van der Waals surface area contributed by atoms with Gasteiger partial charge in [0, 0.05) is 54.9 Å². The number of nitrogens with zero attached hydrogens (tertiary/aromatic N) is 4. The van der Waals surface area contributed by atoms with Crippen LogP contribution in [-0.4, -0.2) is 92.5 Å². The van der Waals surface area contributed by atoms with E-state index in [0.29, 0.717) is 45.5 Å². The van der Waals surface area contributed by atoms with Crippen molar-refractivity contribution in [2.75, 3.05) is 65.9 Å². The average Bonchev–Trinajstić information content (AvgIpc) is 3.30. The number of hydrogen-bond acceptors (Lipinski definition) is 7. The van der Waals surface area contributed by atoms with E-state index in [4.69, 9.17) is 26.1 Å². The van der Waals surface area contributed by atoms with E-state index in [2.05, 4.69) is 21.8 Å². The highest BCUT2D eigenvalue weighted by atomic mass is 35.5. The number of rotatable bonds is 8. The Bertz CT molecular complexity index is 1580. The molecule has 0 atom stereocenters. The van der Waals surface area contributed by atoms with E-state index in [1.54, 1.807) is 44.4 Å². The lowest BCUT2D eigenvalue weighted by atomic mass is 10.00. The van der Waals surface area contributed by atoms with Gasteiger partial charge in [0.25, 0.3) is 0 Å². The zero-order valence-corrected chi connectivity index (χ0v) is 24.4. The largest absolute Gasteiger partial charge is 0.494 e. The number of benzene rings is 3. The molecule has 1 aromatic heterocycles. The number of aromatic nitrogens is 1. The standard InChI is InChI=1S/C31H34ClN5O4/c1-35-13-15-37(16-14-35)19-28(38)36(2)23-9-7-22(8-10-23)33-30(20-5-12-26(40-3)27(17-20)41-4)29-24-11-6-21(32)18-25(24)34-31(29)39/h5-12,17-18,34,39H,13-16,19H2,1-4H3. The van der Waals surface area contributed by atoms with Crippen LogP contribution in [0.2, 0.25) is 5.02 Å². The van der Waals surface area contributed by atoms with Crippen LogP contribution in [-0.2, 0) is 4.79 Å². The second-order valence-corrected chi connectivity index (χ2v) is 10.6. The Hall–Kier alpha value is -4.05. The molecule has 1 aliphatic rings. The van der Waals surface area contributed by atoms with Crippen LogP contribution in [0.5, 0.6) is 17.4 Å². The van der Waals surface area contributed by atoms with E-state index >= 15 is 0 Å². The maximum absolute atomic E-state index is 13.0. The van der Waals surface area contributed by atoms with Gasteiger partial charge in [-0.05, 0) is 61.6 Å². The van der Waals surface area contributed by atoms with Gasteiger partial charge in [-0.2, -0.15) is 0 Å². The Kier molecular flexibility index (Phi) is 8.49. The first-order chi connectivity index (χ1) is 19.8. The molecule has 10 heteroatoms. The molecular weight excluding hydrogens is 542 g/mol. The second kappa shape index (κ2) is 12.2. The van der Waals surface area contributed by atoms with Gasteiger partial charge in [0.1, 0.15) is 0 Å². The van der Waals surface area contributed by atoms with E-state index in [9.17, 15) is 9.90 Å². The fraction of sp³-hybridized carbons (Fsp3) is 0.290. The quantitative estimate of drug-likeness (QED) is 0.290. The predicted octanol–water partition coefficient (Wildman–Crippen LogP) is 4.92. The molecule has 214 valence electrons. The summed E-state index contributed by atoms with van der Waals surface area (Å²) >= 11 is 6.21. The summed E-state index contributed by atoms with van der Waals surface area (Å²) in [6, 6.07) is 18.4. The number of piperazine rings is 1. The Morgan fingerprint density at radius 3 is 2.39 bits per heavy atom. The molecule has 0 aliphatic carbocycles. The van der Waals surface area contributed by atoms with E-state index in [-0.39, 0.29) is 11.8 Å². The van der Waals surface area contributed by atoms with Crippen molar-refractivity contribution in [2.24, 2.45) is 4.99 Å². The van der Waals surface area contributed by atoms with Crippen LogP contribution in [0, 0.1) is 0 Å². The molecule has 1 fully saturated rings. The lowest BCUT2D eigenvalue weighted by Crippen LogP contribution is -2.48. The number of methoxy groups -OCH3 is 2. The van der Waals surface area contributed by atoms with Gasteiger partial charge in [-0.3, -0.25) is 9.69 Å². The minimum absolute atomic E-state index is 0.0262. The number of hydrogen-bond donors (Lipinski definition) is 2. The number of ether oxygens (including phenoxy) is 2. The molecular formula is C31H34ClN5O4. The number of likely N-dealkylation sites (N-methyl/N-ethyl adjacent to an activating group) is 2. The molecule has 9 nitrogen and oxygen atoms in total. The zero-order valence-electron chi connectivity index (χ0n) is 23.6. The van der Waals surface area contributed by atoms with Gasteiger partial charge in [-0.1, -0.05) is 17.7 Å². The highest BCUT2D eigenvalue weighted by molar-refractivity contribution is 6.31. The average molecular weight is 576 g/mol. The molecule has 1 saturated heterocycles. The van der Waals surface area contributed by atoms with Crippen LogP contribution in [0.25, 0.3) is 10.9 Å². The third-order valence-electron chi connectivity index (χ3n) is 7.44. The fourth-order valence-corrected chi connectivity index (χ4v) is 5.14. The van der Waals surface area contributed by atoms with Gasteiger partial charge in [-0.25, -0.2) is 4.99 Å². The van der Waals surface area contributed by atoms with Crippen LogP contribution in [0.1, 0.15) is 11.1 Å². The monoisotopic (exact) mass is 575 g/mol. The minimum atomic E-state index is -0.0262. The van der Waals surface area contributed by atoms with Crippen molar-refractivity contribution in [3.8, 4) is 17.4 Å². The van der Waals surface area contributed by atoms with Crippen molar-refractivity contribution in [3.63, 3.8) is 0 Å². The maximum atomic E-state index is 13.0. The first-order valence-corrected chi connectivity index (χ1v) is 13.7. The van der Waals surface area contributed by atoms with Crippen molar-refractivity contribution < 1.29 is 19.4 Å². The Balaban J connectivity index is 1.49. The number of carbonyl (C=O) groups is 1. The molecule has 3 aromatic carbocycles. The van der Waals surface area contributed by atoms with Gasteiger partial charge >= 0.3 is 0 Å². The molecule has 1 amide bonds. The van der Waals surface area contributed by atoms with Crippen molar-refractivity contribution in [1.82, 2.24) is 14.8 Å². The molecule has 0 spiro atoms. The molecule has 0 unspecified atom stereocenters. The highest BCUT2D eigenvalue weighted by Crippen LogP contribution is 2.35. The summed E-state index contributed by atoms with van der Waals surface area (Å²) in [4.78, 5) is 27.1. The normalized spacial score (nSPS) is 14.8. The lowest BCUT2D eigenvalue weighted by Gasteiger charge is -2.32. The summed E-state index contributed by atoms with van der Waals surface area (Å²) in [6.07, 6.45) is 0. The van der Waals surface area contributed by atoms with Crippen LogP contribution in [0.15, 0.2) is 65.7 Å².